The molecule has 1 aliphatic rings. The van der Waals surface area contributed by atoms with E-state index in [0.29, 0.717) is 19.1 Å². The summed E-state index contributed by atoms with van der Waals surface area (Å²) in [6.07, 6.45) is 2.77. The lowest BCUT2D eigenvalue weighted by molar-refractivity contribution is 0.0278. The summed E-state index contributed by atoms with van der Waals surface area (Å²) in [5.41, 5.74) is -0.433. The Morgan fingerprint density at radius 1 is 1.40 bits per heavy atom. The lowest BCUT2D eigenvalue weighted by Crippen LogP contribution is -2.35. The molecule has 1 rings (SSSR count). The van der Waals surface area contributed by atoms with E-state index in [4.69, 9.17) is 21.7 Å². The van der Waals surface area contributed by atoms with Crippen LogP contribution in [-0.2, 0) is 9.47 Å². The number of carbonyl (C=O) groups is 1. The van der Waals surface area contributed by atoms with Crippen molar-refractivity contribution >= 4 is 23.2 Å². The van der Waals surface area contributed by atoms with Gasteiger partial charge in [0.1, 0.15) is 5.60 Å². The molecule has 1 unspecified atom stereocenters. The van der Waals surface area contributed by atoms with E-state index in [9.17, 15) is 4.79 Å². The number of rotatable bonds is 6. The van der Waals surface area contributed by atoms with Gasteiger partial charge in [-0.25, -0.2) is 4.79 Å². The molecule has 0 aliphatic carbocycles. The molecule has 1 fully saturated rings. The Bertz CT molecular complexity index is 339. The third-order valence-electron chi connectivity index (χ3n) is 3.08. The van der Waals surface area contributed by atoms with Gasteiger partial charge < -0.3 is 14.4 Å². The molecule has 0 saturated carbocycles. The third kappa shape index (κ3) is 6.66. The highest BCUT2D eigenvalue weighted by Crippen LogP contribution is 2.19. The van der Waals surface area contributed by atoms with Gasteiger partial charge in [-0.2, -0.15) is 0 Å². The summed E-state index contributed by atoms with van der Waals surface area (Å²) >= 11 is 5.21. The summed E-state index contributed by atoms with van der Waals surface area (Å²) in [5, 5.41) is 0. The van der Waals surface area contributed by atoms with Crippen molar-refractivity contribution in [2.45, 2.75) is 52.6 Å². The molecule has 4 nitrogen and oxygen atoms in total. The van der Waals surface area contributed by atoms with Crippen LogP contribution in [0.15, 0.2) is 0 Å². The van der Waals surface area contributed by atoms with Crippen molar-refractivity contribution in [1.82, 2.24) is 4.90 Å². The van der Waals surface area contributed by atoms with Gasteiger partial charge in [0.25, 0.3) is 0 Å². The normalized spacial score (nSPS) is 19.2. The predicted octanol–water partition coefficient (Wildman–Crippen LogP) is 3.43. The Balaban J connectivity index is 2.23. The highest BCUT2D eigenvalue weighted by atomic mass is 32.1. The first-order chi connectivity index (χ1) is 9.31. The van der Waals surface area contributed by atoms with Gasteiger partial charge in [0.15, 0.2) is 0 Å². The predicted molar refractivity (Wildman–Crippen MR) is 84.2 cm³/mol. The third-order valence-corrected chi connectivity index (χ3v) is 3.40. The van der Waals surface area contributed by atoms with Crippen LogP contribution in [-0.4, -0.2) is 47.8 Å². The van der Waals surface area contributed by atoms with Gasteiger partial charge in [-0.3, -0.25) is 0 Å². The van der Waals surface area contributed by atoms with Crippen molar-refractivity contribution in [3.8, 4) is 0 Å². The fourth-order valence-electron chi connectivity index (χ4n) is 2.15. The second kappa shape index (κ2) is 7.93. The molecule has 116 valence electrons. The van der Waals surface area contributed by atoms with E-state index in [1.165, 1.54) is 0 Å². The van der Waals surface area contributed by atoms with E-state index in [1.807, 2.05) is 20.8 Å². The quantitative estimate of drug-likeness (QED) is 0.705. The molecule has 1 atom stereocenters. The number of likely N-dealkylation sites (tertiary alicyclic amines) is 1. The molecule has 0 aromatic carbocycles. The fraction of sp³-hybridized carbons (Fsp3) is 0.867. The standard InChI is InChI=1S/C15H27NO3S/c1-5-6-13(20)11-18-10-12-7-8-16(9-12)14(17)19-15(2,3)4/h12H,5-11H2,1-4H3. The Morgan fingerprint density at radius 2 is 2.10 bits per heavy atom. The van der Waals surface area contributed by atoms with E-state index in [2.05, 4.69) is 6.92 Å². The van der Waals surface area contributed by atoms with Crippen molar-refractivity contribution in [3.05, 3.63) is 0 Å². The van der Waals surface area contributed by atoms with Gasteiger partial charge >= 0.3 is 6.09 Å². The molecule has 1 amide bonds. The van der Waals surface area contributed by atoms with E-state index in [1.54, 1.807) is 4.90 Å². The van der Waals surface area contributed by atoms with Crippen LogP contribution in [0.1, 0.15) is 47.0 Å². The molecule has 0 bridgehead atoms. The van der Waals surface area contributed by atoms with Crippen LogP contribution in [0.4, 0.5) is 4.79 Å². The second-order valence-electron chi connectivity index (χ2n) is 6.38. The average molecular weight is 301 g/mol. The zero-order chi connectivity index (χ0) is 15.2. The van der Waals surface area contributed by atoms with E-state index in [0.717, 1.165) is 37.2 Å². The first kappa shape index (κ1) is 17.4. The van der Waals surface area contributed by atoms with Crippen molar-refractivity contribution in [2.75, 3.05) is 26.3 Å². The van der Waals surface area contributed by atoms with Crippen LogP contribution in [0, 0.1) is 5.92 Å². The molecule has 1 heterocycles. The summed E-state index contributed by atoms with van der Waals surface area (Å²) in [6.45, 7) is 10.5. The molecular formula is C15H27NO3S. The molecular weight excluding hydrogens is 274 g/mol. The first-order valence-corrected chi connectivity index (χ1v) is 7.80. The van der Waals surface area contributed by atoms with Crippen LogP contribution in [0.2, 0.25) is 0 Å². The maximum Gasteiger partial charge on any atom is 0.410 e. The molecule has 20 heavy (non-hydrogen) atoms. The first-order valence-electron chi connectivity index (χ1n) is 7.39. The van der Waals surface area contributed by atoms with Gasteiger partial charge in [0, 0.05) is 23.9 Å². The van der Waals surface area contributed by atoms with Crippen molar-refractivity contribution in [1.29, 1.82) is 0 Å². The smallest absolute Gasteiger partial charge is 0.410 e. The Hall–Kier alpha value is -0.680. The maximum atomic E-state index is 11.9. The molecule has 1 aliphatic heterocycles. The average Bonchev–Trinajstić information content (AvgIpc) is 2.76. The van der Waals surface area contributed by atoms with Crippen molar-refractivity contribution in [2.24, 2.45) is 5.92 Å². The number of thiocarbonyl (C=S) groups is 1. The number of hydrogen-bond donors (Lipinski definition) is 0. The van der Waals surface area contributed by atoms with E-state index < -0.39 is 5.60 Å². The summed E-state index contributed by atoms with van der Waals surface area (Å²) in [4.78, 5) is 14.7. The van der Waals surface area contributed by atoms with Gasteiger partial charge in [0.2, 0.25) is 0 Å². The minimum atomic E-state index is -0.433. The van der Waals surface area contributed by atoms with Crippen molar-refractivity contribution < 1.29 is 14.3 Å². The van der Waals surface area contributed by atoms with Crippen LogP contribution in [0.5, 0.6) is 0 Å². The molecule has 0 radical (unpaired) electrons. The molecule has 0 aromatic rings. The molecule has 5 heteroatoms. The van der Waals surface area contributed by atoms with Gasteiger partial charge in [-0.1, -0.05) is 25.6 Å². The maximum absolute atomic E-state index is 11.9. The Labute approximate surface area is 127 Å². The van der Waals surface area contributed by atoms with Crippen LogP contribution in [0.3, 0.4) is 0 Å². The largest absolute Gasteiger partial charge is 0.444 e. The summed E-state index contributed by atoms with van der Waals surface area (Å²) in [7, 11) is 0. The number of ether oxygens (including phenoxy) is 2. The highest BCUT2D eigenvalue weighted by Gasteiger charge is 2.29. The van der Waals surface area contributed by atoms with Gasteiger partial charge in [-0.15, -0.1) is 0 Å². The van der Waals surface area contributed by atoms with Crippen molar-refractivity contribution in [3.63, 3.8) is 0 Å². The Morgan fingerprint density at radius 3 is 2.70 bits per heavy atom. The van der Waals surface area contributed by atoms with Crippen LogP contribution in [0.25, 0.3) is 0 Å². The second-order valence-corrected chi connectivity index (χ2v) is 6.96. The minimum absolute atomic E-state index is 0.221. The minimum Gasteiger partial charge on any atom is -0.444 e. The monoisotopic (exact) mass is 301 g/mol. The van der Waals surface area contributed by atoms with E-state index in [-0.39, 0.29) is 6.09 Å². The number of nitrogens with zero attached hydrogens (tertiary/aromatic N) is 1. The molecule has 0 aromatic heterocycles. The summed E-state index contributed by atoms with van der Waals surface area (Å²) in [5.74, 6) is 0.395. The number of carbonyl (C=O) groups excluding carboxylic acids is 1. The lowest BCUT2D eigenvalue weighted by Gasteiger charge is -2.24. The van der Waals surface area contributed by atoms with Crippen LogP contribution >= 0.6 is 12.2 Å². The number of amides is 1. The zero-order valence-corrected chi connectivity index (χ0v) is 13.9. The molecule has 0 N–H and O–H groups in total. The van der Waals surface area contributed by atoms with Crippen LogP contribution < -0.4 is 0 Å². The SMILES string of the molecule is CCCC(=S)COCC1CCN(C(=O)OC(C)(C)C)C1. The molecule has 1 saturated heterocycles. The summed E-state index contributed by atoms with van der Waals surface area (Å²) in [6, 6.07) is 0. The van der Waals surface area contributed by atoms with Gasteiger partial charge in [0.05, 0.1) is 13.2 Å². The summed E-state index contributed by atoms with van der Waals surface area (Å²) < 4.78 is 11.0. The highest BCUT2D eigenvalue weighted by molar-refractivity contribution is 7.80. The zero-order valence-electron chi connectivity index (χ0n) is 13.1. The van der Waals surface area contributed by atoms with E-state index >= 15 is 0 Å². The lowest BCUT2D eigenvalue weighted by atomic mass is 10.1. The van der Waals surface area contributed by atoms with Gasteiger partial charge in [-0.05, 0) is 33.6 Å². The number of hydrogen-bond acceptors (Lipinski definition) is 4. The topological polar surface area (TPSA) is 38.8 Å². The Kier molecular flexibility index (Phi) is 6.89. The molecule has 0 spiro atoms. The fourth-order valence-corrected chi connectivity index (χ4v) is 2.44.